The van der Waals surface area contributed by atoms with Gasteiger partial charge >= 0.3 is 0 Å². The predicted octanol–water partition coefficient (Wildman–Crippen LogP) is 5.19. The zero-order valence-corrected chi connectivity index (χ0v) is 17.6. The second-order valence-corrected chi connectivity index (χ2v) is 8.51. The van der Waals surface area contributed by atoms with Crippen molar-refractivity contribution in [3.05, 3.63) is 57.9 Å². The number of nitrogens with one attached hydrogen (secondary N) is 2. The van der Waals surface area contributed by atoms with Crippen molar-refractivity contribution in [2.75, 3.05) is 18.4 Å². The average Bonchev–Trinajstić information content (AvgIpc) is 3.40. The van der Waals surface area contributed by atoms with E-state index in [-0.39, 0.29) is 18.3 Å². The van der Waals surface area contributed by atoms with Gasteiger partial charge in [0.25, 0.3) is 5.91 Å². The predicted molar refractivity (Wildman–Crippen MR) is 121 cm³/mol. The summed E-state index contributed by atoms with van der Waals surface area (Å²) >= 11 is 9.23. The highest BCUT2D eigenvalue weighted by atomic mass is 35.5. The Labute approximate surface area is 179 Å². The molecule has 0 fully saturated rings. The fraction of sp³-hybridized carbons (Fsp3) is 0.105. The molecule has 0 aliphatic carbocycles. The number of amidine groups is 1. The topological polar surface area (TPSA) is 66.4 Å². The Morgan fingerprint density at radius 3 is 2.79 bits per heavy atom. The zero-order valence-electron chi connectivity index (χ0n) is 14.4. The molecule has 2 aromatic carbocycles. The third kappa shape index (κ3) is 3.35. The third-order valence-corrected chi connectivity index (χ3v) is 6.91. The van der Waals surface area contributed by atoms with E-state index in [2.05, 4.69) is 20.6 Å². The number of nitrogens with zero attached hydrogens (tertiary/aromatic N) is 2. The number of carbonyl (C=O) groups excluding carboxylic acids is 1. The molecule has 0 spiro atoms. The van der Waals surface area contributed by atoms with Crippen molar-refractivity contribution in [1.29, 1.82) is 0 Å². The van der Waals surface area contributed by atoms with Crippen LogP contribution in [0, 0.1) is 0 Å². The fourth-order valence-corrected chi connectivity index (χ4v) is 5.34. The molecule has 5 rings (SSSR count). The first-order chi connectivity index (χ1) is 13.2. The number of aromatic nitrogens is 1. The van der Waals surface area contributed by atoms with E-state index in [1.54, 1.807) is 0 Å². The Bertz CT molecular complexity index is 1230. The number of benzene rings is 2. The van der Waals surface area contributed by atoms with E-state index in [0.29, 0.717) is 15.0 Å². The van der Waals surface area contributed by atoms with E-state index < -0.39 is 0 Å². The summed E-state index contributed by atoms with van der Waals surface area (Å²) in [5.74, 6) is 0.676. The number of rotatable bonds is 3. The summed E-state index contributed by atoms with van der Waals surface area (Å²) in [7, 11) is 0. The number of hydrogen-bond donors (Lipinski definition) is 2. The number of thiazole rings is 1. The van der Waals surface area contributed by atoms with Crippen LogP contribution < -0.4 is 10.6 Å². The van der Waals surface area contributed by atoms with Gasteiger partial charge in [0.15, 0.2) is 5.13 Å². The molecule has 0 atom stereocenters. The Balaban J connectivity index is 0.00000192. The van der Waals surface area contributed by atoms with Crippen LogP contribution in [0.3, 0.4) is 0 Å². The molecule has 5 nitrogen and oxygen atoms in total. The molecule has 1 amide bonds. The molecule has 2 N–H and O–H groups in total. The van der Waals surface area contributed by atoms with Crippen LogP contribution in [0.1, 0.15) is 15.2 Å². The maximum atomic E-state index is 12.7. The number of hydrogen-bond acceptors (Lipinski definition) is 6. The number of thiophene rings is 1. The maximum absolute atomic E-state index is 12.7. The summed E-state index contributed by atoms with van der Waals surface area (Å²) in [5, 5.41) is 8.10. The molecule has 2 aromatic heterocycles. The molecule has 0 bridgehead atoms. The van der Waals surface area contributed by atoms with Gasteiger partial charge in [-0.1, -0.05) is 41.1 Å². The fourth-order valence-electron chi connectivity index (χ4n) is 3.03. The van der Waals surface area contributed by atoms with Gasteiger partial charge in [-0.2, -0.15) is 0 Å². The second kappa shape index (κ2) is 7.67. The smallest absolute Gasteiger partial charge is 0.269 e. The first kappa shape index (κ1) is 19.1. The maximum Gasteiger partial charge on any atom is 0.269 e. The van der Waals surface area contributed by atoms with Crippen molar-refractivity contribution in [2.24, 2.45) is 4.99 Å². The molecular formula is C19H14Cl2N4OS2. The van der Waals surface area contributed by atoms with Crippen LogP contribution in [0.4, 0.5) is 5.13 Å². The molecule has 0 radical (unpaired) electrons. The first-order valence-electron chi connectivity index (χ1n) is 8.37. The minimum absolute atomic E-state index is 0. The van der Waals surface area contributed by atoms with Crippen LogP contribution in [0.15, 0.2) is 47.5 Å². The summed E-state index contributed by atoms with van der Waals surface area (Å²) in [4.78, 5) is 22.2. The van der Waals surface area contributed by atoms with Gasteiger partial charge in [-0.25, -0.2) is 4.98 Å². The molecule has 3 heterocycles. The number of carbonyl (C=O) groups is 1. The lowest BCUT2D eigenvalue weighted by Gasteiger charge is -2.01. The van der Waals surface area contributed by atoms with Gasteiger partial charge in [0.05, 0.1) is 21.8 Å². The lowest BCUT2D eigenvalue weighted by molar-refractivity contribution is 0.103. The Hall–Kier alpha value is -2.19. The third-order valence-electron chi connectivity index (χ3n) is 4.30. The Kier molecular flexibility index (Phi) is 5.25. The highest BCUT2D eigenvalue weighted by molar-refractivity contribution is 7.23. The normalized spacial score (nSPS) is 13.2. The minimum atomic E-state index is -0.234. The van der Waals surface area contributed by atoms with Crippen molar-refractivity contribution in [3.63, 3.8) is 0 Å². The number of anilines is 1. The van der Waals surface area contributed by atoms with E-state index in [4.69, 9.17) is 11.6 Å². The monoisotopic (exact) mass is 448 g/mol. The Morgan fingerprint density at radius 1 is 1.14 bits per heavy atom. The van der Waals surface area contributed by atoms with E-state index >= 15 is 0 Å². The SMILES string of the molecule is Cl.O=C(Nc1nc2ccc(C3=NCCN3)cc2s1)c1sc2ccccc2c1Cl. The van der Waals surface area contributed by atoms with E-state index in [1.807, 2.05) is 42.5 Å². The summed E-state index contributed by atoms with van der Waals surface area (Å²) < 4.78 is 1.99. The molecule has 1 aliphatic heterocycles. The van der Waals surface area contributed by atoms with Crippen molar-refractivity contribution < 1.29 is 4.79 Å². The summed E-state index contributed by atoms with van der Waals surface area (Å²) in [6, 6.07) is 13.7. The van der Waals surface area contributed by atoms with E-state index in [9.17, 15) is 4.79 Å². The van der Waals surface area contributed by atoms with Gasteiger partial charge in [-0.15, -0.1) is 23.7 Å². The second-order valence-electron chi connectivity index (χ2n) is 6.05. The van der Waals surface area contributed by atoms with Crippen molar-refractivity contribution in [3.8, 4) is 0 Å². The van der Waals surface area contributed by atoms with Gasteiger partial charge in [0, 0.05) is 22.2 Å². The largest absolute Gasteiger partial charge is 0.368 e. The van der Waals surface area contributed by atoms with Gasteiger partial charge in [0.1, 0.15) is 10.7 Å². The summed E-state index contributed by atoms with van der Waals surface area (Å²) in [6.45, 7) is 1.67. The lowest BCUT2D eigenvalue weighted by atomic mass is 10.2. The van der Waals surface area contributed by atoms with Crippen molar-refractivity contribution >= 4 is 83.9 Å². The van der Waals surface area contributed by atoms with Gasteiger partial charge in [0.2, 0.25) is 0 Å². The molecule has 0 saturated heterocycles. The molecule has 0 unspecified atom stereocenters. The highest BCUT2D eigenvalue weighted by Crippen LogP contribution is 2.36. The Morgan fingerprint density at radius 2 is 2.00 bits per heavy atom. The summed E-state index contributed by atoms with van der Waals surface area (Å²) in [6.07, 6.45) is 0. The number of amides is 1. The molecular weight excluding hydrogens is 435 g/mol. The number of halogens is 2. The molecule has 9 heteroatoms. The van der Waals surface area contributed by atoms with Crippen LogP contribution in [-0.4, -0.2) is 29.8 Å². The van der Waals surface area contributed by atoms with Crippen molar-refractivity contribution in [1.82, 2.24) is 10.3 Å². The van der Waals surface area contributed by atoms with Crippen molar-refractivity contribution in [2.45, 2.75) is 0 Å². The van der Waals surface area contributed by atoms with Crippen LogP contribution >= 0.6 is 46.7 Å². The highest BCUT2D eigenvalue weighted by Gasteiger charge is 2.18. The molecule has 0 saturated carbocycles. The zero-order chi connectivity index (χ0) is 18.4. The minimum Gasteiger partial charge on any atom is -0.368 e. The standard InChI is InChI=1S/C19H13ClN4OS2.ClH/c20-15-11-3-1-2-4-13(11)26-16(15)18(25)24-19-23-12-6-5-10(9-14(12)27-19)17-21-7-8-22-17;/h1-6,9H,7-8H2,(H,21,22)(H,23,24,25);1H. The van der Waals surface area contributed by atoms with Crippen LogP contribution in [0.25, 0.3) is 20.3 Å². The number of aliphatic imine (C=N–C) groups is 1. The first-order valence-corrected chi connectivity index (χ1v) is 10.4. The van der Waals surface area contributed by atoms with Gasteiger partial charge in [-0.05, 0) is 24.3 Å². The average molecular weight is 449 g/mol. The van der Waals surface area contributed by atoms with Crippen LogP contribution in [-0.2, 0) is 0 Å². The van der Waals surface area contributed by atoms with Gasteiger partial charge < -0.3 is 5.32 Å². The summed E-state index contributed by atoms with van der Waals surface area (Å²) in [5.41, 5.74) is 1.88. The van der Waals surface area contributed by atoms with Crippen LogP contribution in [0.5, 0.6) is 0 Å². The molecule has 28 heavy (non-hydrogen) atoms. The molecule has 4 aromatic rings. The van der Waals surface area contributed by atoms with E-state index in [1.165, 1.54) is 22.7 Å². The van der Waals surface area contributed by atoms with Crippen LogP contribution in [0.2, 0.25) is 5.02 Å². The number of fused-ring (bicyclic) bond motifs is 2. The quantitative estimate of drug-likeness (QED) is 0.453. The lowest BCUT2D eigenvalue weighted by Crippen LogP contribution is -2.19. The van der Waals surface area contributed by atoms with E-state index in [0.717, 1.165) is 44.8 Å². The molecule has 1 aliphatic rings. The molecule has 142 valence electrons. The van der Waals surface area contributed by atoms with Gasteiger partial charge in [-0.3, -0.25) is 15.1 Å².